The highest BCUT2D eigenvalue weighted by Crippen LogP contribution is 2.22. The van der Waals surface area contributed by atoms with Crippen LogP contribution in [-0.4, -0.2) is 24.2 Å². The van der Waals surface area contributed by atoms with E-state index in [9.17, 15) is 23.1 Å². The summed E-state index contributed by atoms with van der Waals surface area (Å²) in [4.78, 5) is 12.0. The van der Waals surface area contributed by atoms with Crippen LogP contribution in [0.25, 0.3) is 0 Å². The third-order valence-corrected chi connectivity index (χ3v) is 3.68. The number of rotatable bonds is 6. The highest BCUT2D eigenvalue weighted by molar-refractivity contribution is 5.78. The fourth-order valence-corrected chi connectivity index (χ4v) is 2.41. The lowest BCUT2D eigenvalue weighted by atomic mass is 10.1. The molecule has 25 heavy (non-hydrogen) atoms. The van der Waals surface area contributed by atoms with Gasteiger partial charge in [0.2, 0.25) is 0 Å². The molecule has 0 spiro atoms. The van der Waals surface area contributed by atoms with E-state index in [-0.39, 0.29) is 12.2 Å². The van der Waals surface area contributed by atoms with Gasteiger partial charge < -0.3 is 15.2 Å². The number of hydrogen-bond donors (Lipinski definition) is 2. The van der Waals surface area contributed by atoms with Crippen LogP contribution in [0.5, 0.6) is 5.75 Å². The molecule has 0 aromatic heterocycles. The Labute approximate surface area is 143 Å². The molecule has 4 nitrogen and oxygen atoms in total. The summed E-state index contributed by atoms with van der Waals surface area (Å²) in [6, 6.07) is 5.90. The highest BCUT2D eigenvalue weighted by Gasteiger charge is 2.19. The lowest BCUT2D eigenvalue weighted by Gasteiger charge is -2.18. The normalized spacial score (nSPS) is 11.9. The van der Waals surface area contributed by atoms with Gasteiger partial charge in [-0.05, 0) is 42.7 Å². The SMILES string of the molecule is Cc1cccc(C)c1OCC(=O)N[C@@H](CO)c1cc(F)c(F)c(F)c1. The molecule has 0 bridgehead atoms. The molecule has 0 fully saturated rings. The van der Waals surface area contributed by atoms with Crippen molar-refractivity contribution in [2.75, 3.05) is 13.2 Å². The number of aliphatic hydroxyl groups excluding tert-OH is 1. The minimum absolute atomic E-state index is 0.0840. The van der Waals surface area contributed by atoms with Crippen molar-refractivity contribution in [3.8, 4) is 5.75 Å². The highest BCUT2D eigenvalue weighted by atomic mass is 19.2. The van der Waals surface area contributed by atoms with Gasteiger partial charge in [-0.3, -0.25) is 4.79 Å². The quantitative estimate of drug-likeness (QED) is 0.785. The molecule has 2 aromatic carbocycles. The standard InChI is InChI=1S/C18H18F3NO3/c1-10-4-3-5-11(2)18(10)25-9-16(24)22-15(8-23)12-6-13(19)17(21)14(20)7-12/h3-7,15,23H,8-9H2,1-2H3,(H,22,24)/t15-/m0/s1. The number of amides is 1. The zero-order valence-electron chi connectivity index (χ0n) is 13.8. The smallest absolute Gasteiger partial charge is 0.258 e. The second-order valence-corrected chi connectivity index (χ2v) is 5.61. The predicted molar refractivity (Wildman–Crippen MR) is 85.7 cm³/mol. The lowest BCUT2D eigenvalue weighted by molar-refractivity contribution is -0.124. The molecule has 2 aromatic rings. The number of carbonyl (C=O) groups excluding carboxylic acids is 1. The Morgan fingerprint density at radius 2 is 1.72 bits per heavy atom. The van der Waals surface area contributed by atoms with Crippen LogP contribution in [0.4, 0.5) is 13.2 Å². The van der Waals surface area contributed by atoms with E-state index in [1.165, 1.54) is 0 Å². The Balaban J connectivity index is 2.05. The van der Waals surface area contributed by atoms with Crippen molar-refractivity contribution in [1.82, 2.24) is 5.32 Å². The fourth-order valence-electron chi connectivity index (χ4n) is 2.41. The molecule has 2 rings (SSSR count). The van der Waals surface area contributed by atoms with E-state index >= 15 is 0 Å². The first-order valence-electron chi connectivity index (χ1n) is 7.57. The van der Waals surface area contributed by atoms with Crippen LogP contribution in [0.3, 0.4) is 0 Å². The minimum Gasteiger partial charge on any atom is -0.483 e. The van der Waals surface area contributed by atoms with Crippen LogP contribution >= 0.6 is 0 Å². The van der Waals surface area contributed by atoms with Crippen LogP contribution in [0.1, 0.15) is 22.7 Å². The summed E-state index contributed by atoms with van der Waals surface area (Å²) >= 11 is 0. The molecule has 2 N–H and O–H groups in total. The van der Waals surface area contributed by atoms with E-state index in [1.807, 2.05) is 32.0 Å². The van der Waals surface area contributed by atoms with Gasteiger partial charge in [0.15, 0.2) is 24.1 Å². The molecule has 0 saturated carbocycles. The summed E-state index contributed by atoms with van der Waals surface area (Å²) in [5, 5.41) is 11.8. The number of ether oxygens (including phenoxy) is 1. The summed E-state index contributed by atoms with van der Waals surface area (Å²) in [6.07, 6.45) is 0. The number of aliphatic hydroxyl groups is 1. The zero-order valence-corrected chi connectivity index (χ0v) is 13.8. The summed E-state index contributed by atoms with van der Waals surface area (Å²) in [5.74, 6) is -4.42. The van der Waals surface area contributed by atoms with Crippen molar-refractivity contribution in [2.24, 2.45) is 0 Å². The molecule has 0 aliphatic carbocycles. The number of halogens is 3. The van der Waals surface area contributed by atoms with Crippen molar-refractivity contribution in [2.45, 2.75) is 19.9 Å². The molecule has 7 heteroatoms. The molecular formula is C18H18F3NO3. The Morgan fingerprint density at radius 1 is 1.16 bits per heavy atom. The topological polar surface area (TPSA) is 58.6 Å². The van der Waals surface area contributed by atoms with E-state index < -0.39 is 36.0 Å². The molecule has 0 aliphatic rings. The van der Waals surface area contributed by atoms with E-state index in [2.05, 4.69) is 5.32 Å². The third kappa shape index (κ3) is 4.51. The largest absolute Gasteiger partial charge is 0.483 e. The van der Waals surface area contributed by atoms with Gasteiger partial charge in [0, 0.05) is 0 Å². The van der Waals surface area contributed by atoms with Gasteiger partial charge in [0.05, 0.1) is 12.6 Å². The lowest BCUT2D eigenvalue weighted by Crippen LogP contribution is -2.34. The van der Waals surface area contributed by atoms with E-state index in [1.54, 1.807) is 0 Å². The van der Waals surface area contributed by atoms with Crippen LogP contribution in [0, 0.1) is 31.3 Å². The first-order chi connectivity index (χ1) is 11.8. The van der Waals surface area contributed by atoms with Crippen molar-refractivity contribution < 1.29 is 27.8 Å². The van der Waals surface area contributed by atoms with E-state index in [4.69, 9.17) is 4.74 Å². The van der Waals surface area contributed by atoms with Crippen molar-refractivity contribution in [3.63, 3.8) is 0 Å². The molecular weight excluding hydrogens is 335 g/mol. The number of aryl methyl sites for hydroxylation is 2. The molecule has 0 radical (unpaired) electrons. The Kier molecular flexibility index (Phi) is 6.03. The van der Waals surface area contributed by atoms with Gasteiger partial charge in [-0.2, -0.15) is 0 Å². The maximum Gasteiger partial charge on any atom is 0.258 e. The third-order valence-electron chi connectivity index (χ3n) is 3.68. The van der Waals surface area contributed by atoms with Crippen LogP contribution in [0.15, 0.2) is 30.3 Å². The molecule has 0 heterocycles. The number of carbonyl (C=O) groups is 1. The summed E-state index contributed by atoms with van der Waals surface area (Å²) in [6.45, 7) is 2.72. The monoisotopic (exact) mass is 353 g/mol. The van der Waals surface area contributed by atoms with Crippen molar-refractivity contribution in [3.05, 3.63) is 64.5 Å². The summed E-state index contributed by atoms with van der Waals surface area (Å²) in [7, 11) is 0. The summed E-state index contributed by atoms with van der Waals surface area (Å²) in [5.41, 5.74) is 1.63. The van der Waals surface area contributed by atoms with Crippen LogP contribution < -0.4 is 10.1 Å². The van der Waals surface area contributed by atoms with Crippen LogP contribution in [-0.2, 0) is 4.79 Å². The maximum atomic E-state index is 13.3. The van der Waals surface area contributed by atoms with Crippen molar-refractivity contribution >= 4 is 5.91 Å². The van der Waals surface area contributed by atoms with E-state index in [0.717, 1.165) is 23.3 Å². The number of benzene rings is 2. The van der Waals surface area contributed by atoms with Gasteiger partial charge in [-0.1, -0.05) is 18.2 Å². The number of hydrogen-bond acceptors (Lipinski definition) is 3. The Bertz CT molecular complexity index is 737. The van der Waals surface area contributed by atoms with Gasteiger partial charge >= 0.3 is 0 Å². The molecule has 1 atom stereocenters. The fraction of sp³-hybridized carbons (Fsp3) is 0.278. The van der Waals surface area contributed by atoms with E-state index in [0.29, 0.717) is 5.75 Å². The van der Waals surface area contributed by atoms with Gasteiger partial charge in [-0.25, -0.2) is 13.2 Å². The maximum absolute atomic E-state index is 13.3. The molecule has 1 amide bonds. The molecule has 134 valence electrons. The first kappa shape index (κ1) is 18.8. The number of nitrogens with one attached hydrogen (secondary N) is 1. The Hall–Kier alpha value is -2.54. The average molecular weight is 353 g/mol. The van der Waals surface area contributed by atoms with Crippen LogP contribution in [0.2, 0.25) is 0 Å². The Morgan fingerprint density at radius 3 is 2.24 bits per heavy atom. The summed E-state index contributed by atoms with van der Waals surface area (Å²) < 4.78 is 45.1. The minimum atomic E-state index is -1.61. The van der Waals surface area contributed by atoms with Gasteiger partial charge in [0.1, 0.15) is 5.75 Å². The van der Waals surface area contributed by atoms with Crippen molar-refractivity contribution in [1.29, 1.82) is 0 Å². The molecule has 0 unspecified atom stereocenters. The predicted octanol–water partition coefficient (Wildman–Crippen LogP) is 2.95. The number of para-hydroxylation sites is 1. The average Bonchev–Trinajstić information content (AvgIpc) is 2.56. The second-order valence-electron chi connectivity index (χ2n) is 5.61. The molecule has 0 aliphatic heterocycles. The van der Waals surface area contributed by atoms with Gasteiger partial charge in [0.25, 0.3) is 5.91 Å². The first-order valence-corrected chi connectivity index (χ1v) is 7.57. The molecule has 0 saturated heterocycles. The zero-order chi connectivity index (χ0) is 18.6. The van der Waals surface area contributed by atoms with Gasteiger partial charge in [-0.15, -0.1) is 0 Å². The second kappa shape index (κ2) is 8.02.